The Morgan fingerprint density at radius 2 is 1.65 bits per heavy atom. The number of piperazine rings is 1. The summed E-state index contributed by atoms with van der Waals surface area (Å²) >= 11 is 0. The topological polar surface area (TPSA) is 96.0 Å². The van der Waals surface area contributed by atoms with E-state index in [4.69, 9.17) is 4.74 Å². The van der Waals surface area contributed by atoms with Gasteiger partial charge in [0.25, 0.3) is 0 Å². The third kappa shape index (κ3) is 4.53. The number of aryl methyl sites for hydroxylation is 2. The highest BCUT2D eigenvalue weighted by Gasteiger charge is 2.25. The van der Waals surface area contributed by atoms with Gasteiger partial charge in [-0.1, -0.05) is 0 Å². The summed E-state index contributed by atoms with van der Waals surface area (Å²) in [7, 11) is -2.29. The van der Waals surface area contributed by atoms with Crippen molar-refractivity contribution in [2.24, 2.45) is 0 Å². The maximum atomic E-state index is 12.6. The lowest BCUT2D eigenvalue weighted by molar-refractivity contribution is -0.137. The first-order chi connectivity index (χ1) is 12.2. The molecule has 1 N–H and O–H groups in total. The minimum Gasteiger partial charge on any atom is -0.496 e. The first kappa shape index (κ1) is 20.2. The molecular formula is C17H25N3O5S. The number of carbonyl (C=O) groups is 2. The summed E-state index contributed by atoms with van der Waals surface area (Å²) in [4.78, 5) is 27.0. The van der Waals surface area contributed by atoms with E-state index in [0.29, 0.717) is 43.1 Å². The summed E-state index contributed by atoms with van der Waals surface area (Å²) < 4.78 is 32.7. The van der Waals surface area contributed by atoms with Crippen molar-refractivity contribution in [3.05, 3.63) is 23.3 Å². The fourth-order valence-electron chi connectivity index (χ4n) is 2.89. The molecule has 0 aliphatic carbocycles. The van der Waals surface area contributed by atoms with E-state index in [1.165, 1.54) is 20.1 Å². The number of nitrogens with one attached hydrogen (secondary N) is 1. The van der Waals surface area contributed by atoms with Gasteiger partial charge in [-0.2, -0.15) is 0 Å². The molecule has 0 unspecified atom stereocenters. The zero-order valence-corrected chi connectivity index (χ0v) is 16.4. The second kappa shape index (κ2) is 8.05. The number of hydrogen-bond acceptors (Lipinski definition) is 5. The molecule has 0 atom stereocenters. The Hall–Kier alpha value is -2.13. The van der Waals surface area contributed by atoms with Crippen LogP contribution < -0.4 is 9.46 Å². The third-order valence-electron chi connectivity index (χ3n) is 4.47. The first-order valence-electron chi connectivity index (χ1n) is 8.34. The number of methoxy groups -OCH3 is 1. The van der Waals surface area contributed by atoms with Crippen LogP contribution in [0.1, 0.15) is 18.1 Å². The van der Waals surface area contributed by atoms with Crippen LogP contribution in [0.5, 0.6) is 5.75 Å². The standard InChI is InChI=1S/C17H25N3O5S/c1-12-10-16(13(2)9-15(12)25-4)26(23,24)18-11-17(22)20-7-5-19(6-8-20)14(3)21/h9-10,18H,5-8,11H2,1-4H3. The number of amides is 2. The molecule has 1 heterocycles. The van der Waals surface area contributed by atoms with Crippen LogP contribution in [0.3, 0.4) is 0 Å². The number of benzene rings is 1. The number of sulfonamides is 1. The van der Waals surface area contributed by atoms with Gasteiger partial charge in [0.2, 0.25) is 21.8 Å². The predicted octanol–water partition coefficient (Wildman–Crippen LogP) is 0.281. The molecule has 9 heteroatoms. The molecule has 0 spiro atoms. The van der Waals surface area contributed by atoms with E-state index in [0.717, 1.165) is 0 Å². The molecule has 1 aromatic rings. The van der Waals surface area contributed by atoms with Gasteiger partial charge in [0, 0.05) is 33.1 Å². The number of carbonyl (C=O) groups excluding carboxylic acids is 2. The summed E-state index contributed by atoms with van der Waals surface area (Å²) in [5, 5.41) is 0. The van der Waals surface area contributed by atoms with Gasteiger partial charge in [-0.3, -0.25) is 9.59 Å². The molecule has 0 radical (unpaired) electrons. The molecule has 144 valence electrons. The number of rotatable bonds is 5. The molecule has 1 fully saturated rings. The molecule has 8 nitrogen and oxygen atoms in total. The van der Waals surface area contributed by atoms with Gasteiger partial charge in [-0.15, -0.1) is 0 Å². The quantitative estimate of drug-likeness (QED) is 0.788. The van der Waals surface area contributed by atoms with Gasteiger partial charge in [0.05, 0.1) is 18.6 Å². The zero-order valence-electron chi connectivity index (χ0n) is 15.5. The monoisotopic (exact) mass is 383 g/mol. The van der Waals surface area contributed by atoms with E-state index in [9.17, 15) is 18.0 Å². The average Bonchev–Trinajstić information content (AvgIpc) is 2.61. The molecule has 2 rings (SSSR count). The molecule has 1 aromatic carbocycles. The lowest BCUT2D eigenvalue weighted by Gasteiger charge is -2.34. The van der Waals surface area contributed by atoms with E-state index >= 15 is 0 Å². The Balaban J connectivity index is 2.01. The second-order valence-corrected chi connectivity index (χ2v) is 8.03. The molecule has 1 aliphatic rings. The van der Waals surface area contributed by atoms with Crippen molar-refractivity contribution in [1.29, 1.82) is 0 Å². The number of nitrogens with zero attached hydrogens (tertiary/aromatic N) is 2. The van der Waals surface area contributed by atoms with Crippen molar-refractivity contribution in [1.82, 2.24) is 14.5 Å². The van der Waals surface area contributed by atoms with Crippen LogP contribution in [0.25, 0.3) is 0 Å². The minimum atomic E-state index is -3.81. The van der Waals surface area contributed by atoms with Crippen LogP contribution in [0.15, 0.2) is 17.0 Å². The number of hydrogen-bond donors (Lipinski definition) is 1. The Morgan fingerprint density at radius 3 is 2.19 bits per heavy atom. The summed E-state index contributed by atoms with van der Waals surface area (Å²) in [5.41, 5.74) is 1.24. The predicted molar refractivity (Wildman–Crippen MR) is 96.5 cm³/mol. The van der Waals surface area contributed by atoms with E-state index in [1.807, 2.05) is 0 Å². The Kier molecular flexibility index (Phi) is 6.25. The van der Waals surface area contributed by atoms with Crippen molar-refractivity contribution < 1.29 is 22.7 Å². The molecule has 0 saturated carbocycles. The zero-order chi connectivity index (χ0) is 19.5. The maximum Gasteiger partial charge on any atom is 0.241 e. The van der Waals surface area contributed by atoms with Crippen LogP contribution in [0.4, 0.5) is 0 Å². The van der Waals surface area contributed by atoms with Crippen LogP contribution >= 0.6 is 0 Å². The third-order valence-corrected chi connectivity index (χ3v) is 6.02. The highest BCUT2D eigenvalue weighted by molar-refractivity contribution is 7.89. The van der Waals surface area contributed by atoms with Gasteiger partial charge >= 0.3 is 0 Å². The molecule has 2 amide bonds. The van der Waals surface area contributed by atoms with Crippen LogP contribution in [0, 0.1) is 13.8 Å². The molecule has 26 heavy (non-hydrogen) atoms. The van der Waals surface area contributed by atoms with Crippen molar-refractivity contribution in [2.75, 3.05) is 39.8 Å². The van der Waals surface area contributed by atoms with Crippen molar-refractivity contribution >= 4 is 21.8 Å². The highest BCUT2D eigenvalue weighted by Crippen LogP contribution is 2.25. The normalized spacial score (nSPS) is 15.1. The van der Waals surface area contributed by atoms with E-state index in [1.54, 1.807) is 29.7 Å². The minimum absolute atomic E-state index is 0.0249. The maximum absolute atomic E-state index is 12.6. The van der Waals surface area contributed by atoms with Gasteiger partial charge in [-0.05, 0) is 37.1 Å². The van der Waals surface area contributed by atoms with Crippen molar-refractivity contribution in [2.45, 2.75) is 25.7 Å². The molecule has 1 aliphatic heterocycles. The Bertz CT molecular complexity index is 799. The first-order valence-corrected chi connectivity index (χ1v) is 9.82. The van der Waals surface area contributed by atoms with Crippen LogP contribution in [0.2, 0.25) is 0 Å². The fraction of sp³-hybridized carbons (Fsp3) is 0.529. The van der Waals surface area contributed by atoms with Crippen molar-refractivity contribution in [3.63, 3.8) is 0 Å². The fourth-order valence-corrected chi connectivity index (χ4v) is 4.17. The number of ether oxygens (including phenoxy) is 1. The highest BCUT2D eigenvalue weighted by atomic mass is 32.2. The van der Waals surface area contributed by atoms with Crippen LogP contribution in [-0.4, -0.2) is 69.9 Å². The van der Waals surface area contributed by atoms with Gasteiger partial charge in [0.15, 0.2) is 0 Å². The van der Waals surface area contributed by atoms with E-state index in [-0.39, 0.29) is 23.3 Å². The summed E-state index contributed by atoms with van der Waals surface area (Å²) in [5.74, 6) is 0.281. The lowest BCUT2D eigenvalue weighted by Crippen LogP contribution is -2.52. The lowest BCUT2D eigenvalue weighted by atomic mass is 10.1. The molecular weight excluding hydrogens is 358 g/mol. The van der Waals surface area contributed by atoms with Gasteiger partial charge < -0.3 is 14.5 Å². The molecule has 0 aromatic heterocycles. The molecule has 0 bridgehead atoms. The summed E-state index contributed by atoms with van der Waals surface area (Å²) in [6.07, 6.45) is 0. The Morgan fingerprint density at radius 1 is 1.08 bits per heavy atom. The second-order valence-electron chi connectivity index (χ2n) is 6.30. The largest absolute Gasteiger partial charge is 0.496 e. The van der Waals surface area contributed by atoms with Gasteiger partial charge in [-0.25, -0.2) is 13.1 Å². The Labute approximate surface area is 154 Å². The van der Waals surface area contributed by atoms with Gasteiger partial charge in [0.1, 0.15) is 5.75 Å². The SMILES string of the molecule is COc1cc(C)c(S(=O)(=O)NCC(=O)N2CCN(C(C)=O)CC2)cc1C. The van der Waals surface area contributed by atoms with E-state index in [2.05, 4.69) is 4.72 Å². The molecule has 1 saturated heterocycles. The van der Waals surface area contributed by atoms with Crippen molar-refractivity contribution in [3.8, 4) is 5.75 Å². The average molecular weight is 383 g/mol. The smallest absolute Gasteiger partial charge is 0.241 e. The summed E-state index contributed by atoms with van der Waals surface area (Å²) in [6.45, 7) is 6.35. The summed E-state index contributed by atoms with van der Waals surface area (Å²) in [6, 6.07) is 3.19. The van der Waals surface area contributed by atoms with Crippen LogP contribution in [-0.2, 0) is 19.6 Å². The van der Waals surface area contributed by atoms with E-state index < -0.39 is 10.0 Å².